The second-order valence-corrected chi connectivity index (χ2v) is 9.35. The van der Waals surface area contributed by atoms with Crippen molar-refractivity contribution in [2.45, 2.75) is 79.1 Å². The molecular formula is C21H35NO8. The monoisotopic (exact) mass is 429 g/mol. The second-order valence-electron chi connectivity index (χ2n) is 9.35. The number of carbonyl (C=O) groups is 3. The fourth-order valence-electron chi connectivity index (χ4n) is 2.56. The van der Waals surface area contributed by atoms with Crippen LogP contribution in [-0.2, 0) is 33.3 Å². The van der Waals surface area contributed by atoms with Crippen molar-refractivity contribution < 1.29 is 38.4 Å². The first-order valence-electron chi connectivity index (χ1n) is 9.90. The molecule has 0 bridgehead atoms. The van der Waals surface area contributed by atoms with Crippen LogP contribution in [0.1, 0.15) is 48.5 Å². The quantitative estimate of drug-likeness (QED) is 0.459. The Kier molecular flexibility index (Phi) is 9.01. The van der Waals surface area contributed by atoms with Crippen LogP contribution in [0.5, 0.6) is 0 Å². The van der Waals surface area contributed by atoms with Gasteiger partial charge in [-0.25, -0.2) is 0 Å². The predicted molar refractivity (Wildman–Crippen MR) is 108 cm³/mol. The maximum Gasteiger partial charge on any atom is 0.311 e. The number of carbonyl (C=O) groups excluding carboxylic acids is 3. The third-order valence-electron chi connectivity index (χ3n) is 4.27. The Hall–Kier alpha value is -1.97. The largest absolute Gasteiger partial charge is 0.462 e. The molecule has 1 aliphatic heterocycles. The Morgan fingerprint density at radius 2 is 1.67 bits per heavy atom. The van der Waals surface area contributed by atoms with Gasteiger partial charge in [-0.15, -0.1) is 6.58 Å². The van der Waals surface area contributed by atoms with Crippen molar-refractivity contribution in [2.24, 2.45) is 10.8 Å². The van der Waals surface area contributed by atoms with E-state index in [1.807, 2.05) is 0 Å². The van der Waals surface area contributed by atoms with Gasteiger partial charge in [-0.05, 0) is 41.5 Å². The van der Waals surface area contributed by atoms with Gasteiger partial charge in [-0.1, -0.05) is 6.08 Å². The van der Waals surface area contributed by atoms with Gasteiger partial charge in [0.15, 0.2) is 12.4 Å². The summed E-state index contributed by atoms with van der Waals surface area (Å²) in [4.78, 5) is 36.4. The van der Waals surface area contributed by atoms with Crippen molar-refractivity contribution in [2.75, 3.05) is 13.2 Å². The van der Waals surface area contributed by atoms with E-state index in [-0.39, 0.29) is 13.2 Å². The molecule has 1 amide bonds. The molecule has 30 heavy (non-hydrogen) atoms. The van der Waals surface area contributed by atoms with Gasteiger partial charge in [-0.3, -0.25) is 14.4 Å². The lowest BCUT2D eigenvalue weighted by atomic mass is 9.94. The molecule has 1 heterocycles. The molecule has 2 N–H and O–H groups in total. The number of hydrogen-bond acceptors (Lipinski definition) is 8. The topological polar surface area (TPSA) is 120 Å². The van der Waals surface area contributed by atoms with Crippen molar-refractivity contribution >= 4 is 17.8 Å². The van der Waals surface area contributed by atoms with Gasteiger partial charge in [0.1, 0.15) is 24.9 Å². The molecule has 172 valence electrons. The molecule has 9 nitrogen and oxygen atoms in total. The Balaban J connectivity index is 3.15. The zero-order valence-electron chi connectivity index (χ0n) is 18.9. The average Bonchev–Trinajstić information content (AvgIpc) is 2.60. The smallest absolute Gasteiger partial charge is 0.311 e. The third kappa shape index (κ3) is 7.37. The summed E-state index contributed by atoms with van der Waals surface area (Å²) in [6.45, 7) is 14.8. The average molecular weight is 430 g/mol. The summed E-state index contributed by atoms with van der Waals surface area (Å²) in [5, 5.41) is 13.5. The van der Waals surface area contributed by atoms with E-state index in [0.717, 1.165) is 0 Å². The molecule has 0 radical (unpaired) electrons. The van der Waals surface area contributed by atoms with E-state index in [1.54, 1.807) is 41.5 Å². The number of ether oxygens (including phenoxy) is 4. The van der Waals surface area contributed by atoms with Crippen molar-refractivity contribution in [1.82, 2.24) is 5.32 Å². The number of aliphatic hydroxyl groups excluding tert-OH is 1. The van der Waals surface area contributed by atoms with Crippen LogP contribution in [0.15, 0.2) is 12.7 Å². The number of aliphatic hydroxyl groups is 1. The van der Waals surface area contributed by atoms with Crippen LogP contribution in [-0.4, -0.2) is 66.8 Å². The third-order valence-corrected chi connectivity index (χ3v) is 4.27. The Bertz CT molecular complexity index is 634. The summed E-state index contributed by atoms with van der Waals surface area (Å²) < 4.78 is 22.2. The molecule has 0 aromatic carbocycles. The Labute approximate surface area is 178 Å². The lowest BCUT2D eigenvalue weighted by Crippen LogP contribution is -2.66. The van der Waals surface area contributed by atoms with Crippen molar-refractivity contribution in [3.05, 3.63) is 12.7 Å². The van der Waals surface area contributed by atoms with E-state index in [2.05, 4.69) is 11.9 Å². The van der Waals surface area contributed by atoms with Gasteiger partial charge >= 0.3 is 11.9 Å². The van der Waals surface area contributed by atoms with Crippen LogP contribution in [0.3, 0.4) is 0 Å². The second kappa shape index (κ2) is 10.4. The Morgan fingerprint density at radius 3 is 2.13 bits per heavy atom. The van der Waals surface area contributed by atoms with E-state index in [1.165, 1.54) is 13.0 Å². The van der Waals surface area contributed by atoms with Crippen molar-refractivity contribution in [3.63, 3.8) is 0 Å². The van der Waals surface area contributed by atoms with Gasteiger partial charge < -0.3 is 29.4 Å². The van der Waals surface area contributed by atoms with Gasteiger partial charge in [-0.2, -0.15) is 0 Å². The van der Waals surface area contributed by atoms with Crippen LogP contribution >= 0.6 is 0 Å². The number of nitrogens with one attached hydrogen (secondary N) is 1. The molecule has 0 aromatic heterocycles. The summed E-state index contributed by atoms with van der Waals surface area (Å²) in [7, 11) is 0. The van der Waals surface area contributed by atoms with Crippen LogP contribution in [0.4, 0.5) is 0 Å². The van der Waals surface area contributed by atoms with E-state index in [9.17, 15) is 19.5 Å². The minimum Gasteiger partial charge on any atom is -0.462 e. The minimum atomic E-state index is -1.37. The van der Waals surface area contributed by atoms with Gasteiger partial charge in [0, 0.05) is 6.92 Å². The Morgan fingerprint density at radius 1 is 1.10 bits per heavy atom. The lowest BCUT2D eigenvalue weighted by Gasteiger charge is -2.44. The van der Waals surface area contributed by atoms with Crippen LogP contribution in [0, 0.1) is 10.8 Å². The van der Waals surface area contributed by atoms with Crippen LogP contribution in [0.2, 0.25) is 0 Å². The van der Waals surface area contributed by atoms with Gasteiger partial charge in [0.2, 0.25) is 5.91 Å². The van der Waals surface area contributed by atoms with E-state index in [0.29, 0.717) is 0 Å². The molecule has 1 rings (SSSR count). The van der Waals surface area contributed by atoms with E-state index < -0.39 is 59.3 Å². The molecule has 0 saturated carbocycles. The number of rotatable bonds is 7. The fourth-order valence-corrected chi connectivity index (χ4v) is 2.56. The molecule has 1 saturated heterocycles. The molecule has 0 spiro atoms. The van der Waals surface area contributed by atoms with Crippen LogP contribution < -0.4 is 5.32 Å². The molecular weight excluding hydrogens is 394 g/mol. The molecule has 0 aromatic rings. The molecule has 0 aliphatic carbocycles. The van der Waals surface area contributed by atoms with Gasteiger partial charge in [0.05, 0.1) is 17.4 Å². The van der Waals surface area contributed by atoms with Crippen LogP contribution in [0.25, 0.3) is 0 Å². The lowest BCUT2D eigenvalue weighted by molar-refractivity contribution is -0.273. The van der Waals surface area contributed by atoms with Crippen molar-refractivity contribution in [1.29, 1.82) is 0 Å². The zero-order chi connectivity index (χ0) is 23.3. The van der Waals surface area contributed by atoms with E-state index >= 15 is 0 Å². The first-order chi connectivity index (χ1) is 13.7. The normalized spacial score (nSPS) is 27.1. The molecule has 5 atom stereocenters. The summed E-state index contributed by atoms with van der Waals surface area (Å²) in [5.74, 6) is -1.47. The molecule has 9 heteroatoms. The summed E-state index contributed by atoms with van der Waals surface area (Å²) in [5.41, 5.74) is -1.58. The molecule has 1 aliphatic rings. The fraction of sp³-hybridized carbons (Fsp3) is 0.762. The first kappa shape index (κ1) is 26.1. The standard InChI is InChI=1S/C21H35NO8/c1-9-10-27-17-14(22-12(2)23)16(30-19(26)21(6,7)8)15(24)13(29-17)11-28-18(25)20(3,4)5/h9,13-17,24H,1,10-11H2,2-8H3,(H,22,23)/t13-,14-,15-,16-,17+/m1/s1. The predicted octanol–water partition coefficient (Wildman–Crippen LogP) is 1.33. The van der Waals surface area contributed by atoms with E-state index in [4.69, 9.17) is 18.9 Å². The highest BCUT2D eigenvalue weighted by molar-refractivity contribution is 5.76. The number of esters is 2. The minimum absolute atomic E-state index is 0.0886. The van der Waals surface area contributed by atoms with Crippen molar-refractivity contribution in [3.8, 4) is 0 Å². The SMILES string of the molecule is C=CCO[C@H]1O[C@H](COC(=O)C(C)(C)C)[C@@H](O)[C@H](OC(=O)C(C)(C)C)[C@H]1NC(C)=O. The summed E-state index contributed by atoms with van der Waals surface area (Å²) >= 11 is 0. The first-order valence-corrected chi connectivity index (χ1v) is 9.90. The number of amides is 1. The highest BCUT2D eigenvalue weighted by Gasteiger charge is 2.49. The molecule has 1 fully saturated rings. The highest BCUT2D eigenvalue weighted by atomic mass is 16.7. The van der Waals surface area contributed by atoms with Gasteiger partial charge in [0.25, 0.3) is 0 Å². The summed E-state index contributed by atoms with van der Waals surface area (Å²) in [6.07, 6.45) is -3.16. The zero-order valence-corrected chi connectivity index (χ0v) is 18.9. The highest BCUT2D eigenvalue weighted by Crippen LogP contribution is 2.28. The maximum atomic E-state index is 12.5. The maximum absolute atomic E-state index is 12.5. The molecule has 0 unspecified atom stereocenters. The summed E-state index contributed by atoms with van der Waals surface area (Å²) in [6, 6.07) is -0.974. The number of hydrogen-bond donors (Lipinski definition) is 2.